The van der Waals surface area contributed by atoms with Crippen LogP contribution in [0.4, 0.5) is 0 Å². The van der Waals surface area contributed by atoms with Gasteiger partial charge in [0.1, 0.15) is 0 Å². The fourth-order valence-corrected chi connectivity index (χ4v) is 6.38. The van der Waals surface area contributed by atoms with E-state index < -0.39 is 0 Å². The first-order valence-electron chi connectivity index (χ1n) is 15.4. The van der Waals surface area contributed by atoms with E-state index >= 15 is 0 Å². The molecular formula is C35H54. The molecule has 0 amide bonds. The monoisotopic (exact) mass is 474 g/mol. The van der Waals surface area contributed by atoms with E-state index in [0.717, 1.165) is 6.42 Å². The zero-order valence-corrected chi connectivity index (χ0v) is 23.7. The van der Waals surface area contributed by atoms with Crippen molar-refractivity contribution in [3.63, 3.8) is 0 Å². The lowest BCUT2D eigenvalue weighted by atomic mass is 9.83. The highest BCUT2D eigenvalue weighted by Gasteiger charge is 2.26. The summed E-state index contributed by atoms with van der Waals surface area (Å²) in [5.74, 6) is 0. The Morgan fingerprint density at radius 2 is 1.03 bits per heavy atom. The summed E-state index contributed by atoms with van der Waals surface area (Å²) < 4.78 is 0. The van der Waals surface area contributed by atoms with Crippen LogP contribution in [0, 0.1) is 13.8 Å². The van der Waals surface area contributed by atoms with Crippen LogP contribution in [-0.2, 0) is 19.3 Å². The van der Waals surface area contributed by atoms with Crippen LogP contribution < -0.4 is 0 Å². The molecule has 1 aliphatic rings. The Morgan fingerprint density at radius 3 is 1.60 bits per heavy atom. The standard InChI is InChI=1S/C35H54/c1-5-7-9-11-13-15-17-19-24-31-28(3)29(4)35-32-25-22-21-23-30(32)27-34(35)33(31)26-20-18-16-14-12-10-8-6-2/h21-23,25H,5-20,24,26-27H2,1-4H3. The van der Waals surface area contributed by atoms with Gasteiger partial charge in [0.15, 0.2) is 0 Å². The van der Waals surface area contributed by atoms with Gasteiger partial charge in [-0.15, -0.1) is 0 Å². The van der Waals surface area contributed by atoms with Gasteiger partial charge < -0.3 is 0 Å². The van der Waals surface area contributed by atoms with E-state index in [2.05, 4.69) is 52.0 Å². The second kappa shape index (κ2) is 15.5. The molecule has 1 aliphatic carbocycles. The van der Waals surface area contributed by atoms with Gasteiger partial charge in [-0.3, -0.25) is 0 Å². The molecule has 0 heterocycles. The van der Waals surface area contributed by atoms with Crippen molar-refractivity contribution in [1.82, 2.24) is 0 Å². The lowest BCUT2D eigenvalue weighted by Crippen LogP contribution is -2.06. The molecule has 0 nitrogen and oxygen atoms in total. The minimum absolute atomic E-state index is 1.16. The smallest absolute Gasteiger partial charge is 0.00105 e. The third-order valence-corrected chi connectivity index (χ3v) is 8.64. The summed E-state index contributed by atoms with van der Waals surface area (Å²) in [6.07, 6.45) is 26.2. The summed E-state index contributed by atoms with van der Waals surface area (Å²) in [5.41, 5.74) is 13.0. The summed E-state index contributed by atoms with van der Waals surface area (Å²) in [6.45, 7) is 9.44. The van der Waals surface area contributed by atoms with Crippen LogP contribution in [0.3, 0.4) is 0 Å². The molecule has 0 radical (unpaired) electrons. The Balaban J connectivity index is 1.65. The molecule has 3 rings (SSSR count). The highest BCUT2D eigenvalue weighted by molar-refractivity contribution is 5.82. The molecule has 35 heavy (non-hydrogen) atoms. The maximum Gasteiger partial charge on any atom is -0.00105 e. The summed E-state index contributed by atoms with van der Waals surface area (Å²) in [5, 5.41) is 0. The van der Waals surface area contributed by atoms with Gasteiger partial charge in [0.2, 0.25) is 0 Å². The number of benzene rings is 2. The van der Waals surface area contributed by atoms with Gasteiger partial charge in [-0.05, 0) is 90.5 Å². The van der Waals surface area contributed by atoms with Crippen LogP contribution in [0.25, 0.3) is 11.1 Å². The molecule has 2 aromatic carbocycles. The number of rotatable bonds is 18. The molecule has 0 fully saturated rings. The number of hydrogen-bond acceptors (Lipinski definition) is 0. The maximum atomic E-state index is 2.42. The predicted octanol–water partition coefficient (Wildman–Crippen LogP) is 11.2. The third-order valence-electron chi connectivity index (χ3n) is 8.64. The van der Waals surface area contributed by atoms with Crippen molar-refractivity contribution in [3.05, 3.63) is 57.6 Å². The molecule has 0 aliphatic heterocycles. The molecule has 0 saturated heterocycles. The molecule has 0 atom stereocenters. The fourth-order valence-electron chi connectivity index (χ4n) is 6.38. The second-order valence-corrected chi connectivity index (χ2v) is 11.3. The van der Waals surface area contributed by atoms with Crippen molar-refractivity contribution in [2.75, 3.05) is 0 Å². The summed E-state index contributed by atoms with van der Waals surface area (Å²) in [6, 6.07) is 9.19. The highest BCUT2D eigenvalue weighted by Crippen LogP contribution is 2.44. The third kappa shape index (κ3) is 7.96. The van der Waals surface area contributed by atoms with Crippen molar-refractivity contribution in [1.29, 1.82) is 0 Å². The van der Waals surface area contributed by atoms with E-state index in [4.69, 9.17) is 0 Å². The van der Waals surface area contributed by atoms with E-state index in [9.17, 15) is 0 Å². The topological polar surface area (TPSA) is 0 Å². The van der Waals surface area contributed by atoms with Crippen LogP contribution in [0.5, 0.6) is 0 Å². The average Bonchev–Trinajstić information content (AvgIpc) is 3.26. The van der Waals surface area contributed by atoms with Crippen LogP contribution in [0.1, 0.15) is 150 Å². The van der Waals surface area contributed by atoms with Crippen LogP contribution in [-0.4, -0.2) is 0 Å². The normalized spacial score (nSPS) is 12.2. The van der Waals surface area contributed by atoms with Crippen LogP contribution >= 0.6 is 0 Å². The van der Waals surface area contributed by atoms with E-state index in [1.165, 1.54) is 121 Å². The number of fused-ring (bicyclic) bond motifs is 3. The minimum atomic E-state index is 1.16. The number of unbranched alkanes of at least 4 members (excludes halogenated alkanes) is 14. The zero-order chi connectivity index (χ0) is 24.9. The number of hydrogen-bond donors (Lipinski definition) is 0. The molecule has 0 spiro atoms. The molecule has 194 valence electrons. The minimum Gasteiger partial charge on any atom is -0.0654 e. The highest BCUT2D eigenvalue weighted by atomic mass is 14.3. The van der Waals surface area contributed by atoms with E-state index in [1.807, 2.05) is 0 Å². The van der Waals surface area contributed by atoms with E-state index in [0.29, 0.717) is 0 Å². The van der Waals surface area contributed by atoms with Gasteiger partial charge in [0.25, 0.3) is 0 Å². The summed E-state index contributed by atoms with van der Waals surface area (Å²) in [4.78, 5) is 0. The Morgan fingerprint density at radius 1 is 0.543 bits per heavy atom. The molecule has 0 bridgehead atoms. The zero-order valence-electron chi connectivity index (χ0n) is 23.7. The van der Waals surface area contributed by atoms with Crippen molar-refractivity contribution >= 4 is 0 Å². The second-order valence-electron chi connectivity index (χ2n) is 11.3. The fraction of sp³-hybridized carbons (Fsp3) is 0.657. The molecule has 0 heteroatoms. The van der Waals surface area contributed by atoms with Gasteiger partial charge in [-0.1, -0.05) is 128 Å². The largest absolute Gasteiger partial charge is 0.0654 e. The molecular weight excluding hydrogens is 420 g/mol. The van der Waals surface area contributed by atoms with Crippen molar-refractivity contribution < 1.29 is 0 Å². The first-order chi connectivity index (χ1) is 17.2. The van der Waals surface area contributed by atoms with Gasteiger partial charge >= 0.3 is 0 Å². The first kappa shape index (κ1) is 28.0. The van der Waals surface area contributed by atoms with Gasteiger partial charge in [0.05, 0.1) is 0 Å². The lowest BCUT2D eigenvalue weighted by molar-refractivity contribution is 0.570. The van der Waals surface area contributed by atoms with Crippen LogP contribution in [0.15, 0.2) is 24.3 Å². The molecule has 2 aromatic rings. The molecule has 0 N–H and O–H groups in total. The summed E-state index contributed by atoms with van der Waals surface area (Å²) >= 11 is 0. The van der Waals surface area contributed by atoms with Crippen molar-refractivity contribution in [2.45, 2.75) is 150 Å². The quantitative estimate of drug-likeness (QED) is 0.161. The molecule has 0 saturated carbocycles. The molecule has 0 aromatic heterocycles. The lowest BCUT2D eigenvalue weighted by Gasteiger charge is -2.21. The van der Waals surface area contributed by atoms with Crippen molar-refractivity contribution in [2.24, 2.45) is 0 Å². The molecule has 0 unspecified atom stereocenters. The van der Waals surface area contributed by atoms with Gasteiger partial charge in [-0.2, -0.15) is 0 Å². The van der Waals surface area contributed by atoms with Gasteiger partial charge in [-0.25, -0.2) is 0 Å². The Bertz CT molecular complexity index is 887. The maximum absolute atomic E-state index is 2.42. The Hall–Kier alpha value is -1.56. The van der Waals surface area contributed by atoms with Crippen LogP contribution in [0.2, 0.25) is 0 Å². The predicted molar refractivity (Wildman–Crippen MR) is 157 cm³/mol. The van der Waals surface area contributed by atoms with E-state index in [1.54, 1.807) is 38.9 Å². The Labute approximate surface area is 218 Å². The average molecular weight is 475 g/mol. The summed E-state index contributed by atoms with van der Waals surface area (Å²) in [7, 11) is 0. The van der Waals surface area contributed by atoms with E-state index in [-0.39, 0.29) is 0 Å². The van der Waals surface area contributed by atoms with Crippen molar-refractivity contribution in [3.8, 4) is 11.1 Å². The van der Waals surface area contributed by atoms with Gasteiger partial charge in [0, 0.05) is 0 Å². The Kier molecular flexibility index (Phi) is 12.4. The first-order valence-corrected chi connectivity index (χ1v) is 15.4. The SMILES string of the molecule is CCCCCCCCCCc1c(C)c(C)c2c(c1CCCCCCCCCC)Cc1ccccc1-2.